The van der Waals surface area contributed by atoms with Gasteiger partial charge in [0, 0.05) is 165 Å². The van der Waals surface area contributed by atoms with Crippen LogP contribution in [-0.2, 0) is 92.3 Å². The third-order valence-electron chi connectivity index (χ3n) is 20.1. The number of imidazole rings is 3. The summed E-state index contributed by atoms with van der Waals surface area (Å²) in [5.74, 6) is -2.27. The standard InChI is InChI=1S/C80H107ClN22O17S/c1-50-51(2)121-80-69(50)70(53-9-11-54(81)12-10-53)90-60(71-96-95-52(3)103(71)80)45-68(107)87-55-41-59(42-55)120-58-16-23-102(24-17-58)26-28-114-30-32-116-34-36-118-38-40-119-39-37-117-35-33-115-31-29-113-27-22-82-65(104)13-18-86-77(110)73-93-63(48-100(73)7)91-66(105)14-19-85-76(109)62-44-57(47-99(62)6)89-79(112)74-94-64(49-101(74)8)92-67(106)15-20-84-75(108)61-43-56(46-98(61)5)88-78(111)72-83-21-25-97(72)4/h9-12,21,25,43-44,46-49,55,58-60H,13-20,22-24,26-42,45H2,1-8H3,(H,82,104)(H,84,108)(H,85,109)(H,86,110)(H,87,107)(H,88,111)(H,89,112)(H,91,105)(H,92,106)/t55?,59?,60-/m0/s1. The Morgan fingerprint density at radius 3 is 1.54 bits per heavy atom. The van der Waals surface area contributed by atoms with E-state index in [9.17, 15) is 43.2 Å². The zero-order valence-electron chi connectivity index (χ0n) is 69.3. The fraction of sp³-hybridized carbons (Fsp3) is 0.512. The number of aliphatic imine (C=N–C) groups is 1. The van der Waals surface area contributed by atoms with Crippen molar-refractivity contribution in [1.82, 2.24) is 84.0 Å². The first-order valence-corrected chi connectivity index (χ1v) is 41.4. The molecular weight excluding hydrogens is 1610 g/mol. The van der Waals surface area contributed by atoms with Crippen LogP contribution in [0.5, 0.6) is 0 Å². The third-order valence-corrected chi connectivity index (χ3v) is 21.5. The smallest absolute Gasteiger partial charge is 0.291 e. The number of thiophene rings is 1. The van der Waals surface area contributed by atoms with Gasteiger partial charge >= 0.3 is 0 Å². The lowest BCUT2D eigenvalue weighted by Crippen LogP contribution is -2.50. The molecule has 1 atom stereocenters. The maximum Gasteiger partial charge on any atom is 0.291 e. The molecule has 1 saturated heterocycles. The molecule has 2 aliphatic heterocycles. The molecule has 652 valence electrons. The molecule has 1 saturated carbocycles. The molecule has 39 nitrogen and oxygen atoms in total. The van der Waals surface area contributed by atoms with Crippen LogP contribution >= 0.6 is 22.9 Å². The van der Waals surface area contributed by atoms with Gasteiger partial charge in [-0.25, -0.2) is 15.0 Å². The summed E-state index contributed by atoms with van der Waals surface area (Å²) >= 11 is 7.97. The summed E-state index contributed by atoms with van der Waals surface area (Å²) in [4.78, 5) is 138. The van der Waals surface area contributed by atoms with Crippen LogP contribution in [0.2, 0.25) is 5.02 Å². The van der Waals surface area contributed by atoms with Crippen molar-refractivity contribution in [3.8, 4) is 5.00 Å². The molecule has 2 fully saturated rings. The maximum atomic E-state index is 13.6. The van der Waals surface area contributed by atoms with Crippen LogP contribution in [0.25, 0.3) is 5.00 Å². The molecule has 1 aliphatic carbocycles. The highest BCUT2D eigenvalue weighted by Crippen LogP contribution is 2.40. The molecule has 7 aromatic heterocycles. The lowest BCUT2D eigenvalue weighted by molar-refractivity contribution is -0.126. The van der Waals surface area contributed by atoms with Crippen molar-refractivity contribution in [3.63, 3.8) is 0 Å². The van der Waals surface area contributed by atoms with Crippen LogP contribution in [0.15, 0.2) is 78.6 Å². The summed E-state index contributed by atoms with van der Waals surface area (Å²) in [6, 6.07) is 10.2. The molecule has 0 bridgehead atoms. The zero-order chi connectivity index (χ0) is 85.9. The van der Waals surface area contributed by atoms with Crippen molar-refractivity contribution in [2.75, 3.05) is 160 Å². The average Bonchev–Trinajstić information content (AvgIpc) is 1.59. The minimum absolute atomic E-state index is 0.00174. The van der Waals surface area contributed by atoms with Gasteiger partial charge in [-0.3, -0.25) is 52.7 Å². The zero-order valence-corrected chi connectivity index (χ0v) is 70.9. The first kappa shape index (κ1) is 90.8. The summed E-state index contributed by atoms with van der Waals surface area (Å²) in [6.07, 6.45) is 12.8. The first-order chi connectivity index (χ1) is 58.4. The van der Waals surface area contributed by atoms with Gasteiger partial charge in [0.25, 0.3) is 29.5 Å². The van der Waals surface area contributed by atoms with Crippen molar-refractivity contribution in [2.45, 2.75) is 96.4 Å². The number of ether oxygens (including phenoxy) is 8. The van der Waals surface area contributed by atoms with Crippen molar-refractivity contribution >= 4 is 105 Å². The van der Waals surface area contributed by atoms with E-state index in [2.05, 4.69) is 96.3 Å². The van der Waals surface area contributed by atoms with Crippen LogP contribution in [-0.4, -0.2) is 273 Å². The summed E-state index contributed by atoms with van der Waals surface area (Å²) in [5, 5.41) is 35.2. The Hall–Kier alpha value is -10.9. The second-order valence-corrected chi connectivity index (χ2v) is 30.9. The van der Waals surface area contributed by atoms with E-state index < -0.39 is 47.4 Å². The number of amides is 9. The molecule has 3 aliphatic rings. The number of anilines is 4. The molecule has 41 heteroatoms. The fourth-order valence-electron chi connectivity index (χ4n) is 13.6. The number of aromatic nitrogens is 11. The molecule has 0 radical (unpaired) electrons. The van der Waals surface area contributed by atoms with Gasteiger partial charge < -0.3 is 113 Å². The lowest BCUT2D eigenvalue weighted by Gasteiger charge is -2.40. The third kappa shape index (κ3) is 26.5. The van der Waals surface area contributed by atoms with Crippen molar-refractivity contribution in [1.29, 1.82) is 0 Å². The maximum absolute atomic E-state index is 13.6. The second-order valence-electron chi connectivity index (χ2n) is 29.2. The number of nitrogens with zero attached hydrogens (tertiary/aromatic N) is 13. The Morgan fingerprint density at radius 2 is 1.01 bits per heavy atom. The normalized spacial score (nSPS) is 15.2. The number of carbonyl (C=O) groups is 9. The van der Waals surface area contributed by atoms with E-state index in [-0.39, 0.29) is 135 Å². The average molecular weight is 1720 g/mol. The molecule has 121 heavy (non-hydrogen) atoms. The quantitative estimate of drug-likeness (QED) is 0.0240. The van der Waals surface area contributed by atoms with E-state index in [0.717, 1.165) is 78.5 Å². The highest BCUT2D eigenvalue weighted by molar-refractivity contribution is 7.15. The van der Waals surface area contributed by atoms with Crippen molar-refractivity contribution in [2.24, 2.45) is 40.2 Å². The number of rotatable bonds is 48. The fourth-order valence-corrected chi connectivity index (χ4v) is 14.9. The molecule has 9 amide bonds. The number of aryl methyl sites for hydroxylation is 7. The van der Waals surface area contributed by atoms with Crippen LogP contribution in [0.4, 0.5) is 23.0 Å². The molecule has 8 aromatic rings. The van der Waals surface area contributed by atoms with Gasteiger partial charge in [0.2, 0.25) is 35.3 Å². The monoisotopic (exact) mass is 1710 g/mol. The summed E-state index contributed by atoms with van der Waals surface area (Å²) in [5.41, 5.74) is 5.00. The van der Waals surface area contributed by atoms with Gasteiger partial charge in [-0.05, 0) is 76.3 Å². The number of halogens is 1. The van der Waals surface area contributed by atoms with E-state index in [1.807, 2.05) is 31.2 Å². The molecule has 9 N–H and O–H groups in total. The Bertz CT molecular complexity index is 4890. The lowest BCUT2D eigenvalue weighted by atomic mass is 9.88. The van der Waals surface area contributed by atoms with E-state index in [1.165, 1.54) is 60.1 Å². The van der Waals surface area contributed by atoms with Gasteiger partial charge in [0.1, 0.15) is 28.3 Å². The highest BCUT2D eigenvalue weighted by Gasteiger charge is 2.37. The van der Waals surface area contributed by atoms with Crippen molar-refractivity contribution < 1.29 is 81.0 Å². The van der Waals surface area contributed by atoms with Crippen LogP contribution in [0.3, 0.4) is 0 Å². The van der Waals surface area contributed by atoms with Crippen molar-refractivity contribution in [3.05, 3.63) is 141 Å². The molecular formula is C80H107ClN22O17S. The predicted molar refractivity (Wildman–Crippen MR) is 447 cm³/mol. The van der Waals surface area contributed by atoms with E-state index in [4.69, 9.17) is 54.5 Å². The molecule has 9 heterocycles. The molecule has 1 aromatic carbocycles. The first-order valence-electron chi connectivity index (χ1n) is 40.2. The van der Waals surface area contributed by atoms with Gasteiger partial charge in [-0.15, -0.1) is 21.5 Å². The number of hydrogen-bond acceptors (Lipinski definition) is 25. The number of piperidine rings is 1. The van der Waals surface area contributed by atoms with Gasteiger partial charge in [0.15, 0.2) is 23.3 Å². The second kappa shape index (κ2) is 45.1. The van der Waals surface area contributed by atoms with Crippen LogP contribution < -0.4 is 47.9 Å². The molecule has 0 unspecified atom stereocenters. The van der Waals surface area contributed by atoms with Gasteiger partial charge in [-0.2, -0.15) is 0 Å². The van der Waals surface area contributed by atoms with Gasteiger partial charge in [0.05, 0.1) is 128 Å². The van der Waals surface area contributed by atoms with Crippen LogP contribution in [0, 0.1) is 20.8 Å². The summed E-state index contributed by atoms with van der Waals surface area (Å²) in [6.45, 7) is 15.0. The Labute approximate surface area is 708 Å². The predicted octanol–water partition coefficient (Wildman–Crippen LogP) is 4.27. The summed E-state index contributed by atoms with van der Waals surface area (Å²) < 4.78 is 55.3. The largest absolute Gasteiger partial charge is 0.378 e. The number of likely N-dealkylation sites (tertiary alicyclic amines) is 1. The minimum atomic E-state index is -0.638. The summed E-state index contributed by atoms with van der Waals surface area (Å²) in [7, 11) is 8.05. The number of carbonyl (C=O) groups excluding carboxylic acids is 9. The highest BCUT2D eigenvalue weighted by atomic mass is 35.5. The Kier molecular flexibility index (Phi) is 33.9. The number of hydrogen-bond donors (Lipinski definition) is 9. The SMILES string of the molecule is Cc1sc2c(c1C)C(c1ccc(Cl)cc1)=N[C@@H](CC(=O)NC1CC(OC3CCN(CCOCCOCCOCCOCCOCCOCCOCCNC(=O)CCNC(=O)c4nc(NC(=O)CCNC(=O)c5cc(NC(=O)c6nc(NC(=O)CCNC(=O)c7cc(NC(=O)c8nccn8C)cn7C)cn6C)cn5C)cn4C)CC3)C1)c1nnc(C)n1-2. The number of fused-ring (bicyclic) bond motifs is 3. The molecule has 11 rings (SSSR count). The Morgan fingerprint density at radius 1 is 0.512 bits per heavy atom. The van der Waals surface area contributed by atoms with Crippen LogP contribution in [0.1, 0.15) is 143 Å². The number of nitrogens with one attached hydrogen (secondary N) is 9. The topological polar surface area (TPSA) is 445 Å². The van der Waals surface area contributed by atoms with E-state index in [0.29, 0.717) is 102 Å². The molecule has 0 spiro atoms. The van der Waals surface area contributed by atoms with E-state index in [1.54, 1.807) is 63.5 Å². The minimum Gasteiger partial charge on any atom is -0.378 e. The number of benzene rings is 1. The Balaban J connectivity index is 0.432. The van der Waals surface area contributed by atoms with Gasteiger partial charge in [-0.1, -0.05) is 23.7 Å². The van der Waals surface area contributed by atoms with E-state index >= 15 is 0 Å².